The maximum Gasteiger partial charge on any atom is 0.308 e. The molecule has 2 rings (SSSR count). The molecular formula is C13H11Cl2NO2S. The monoisotopic (exact) mass is 315 g/mol. The number of carboxylic acids is 1. The van der Waals surface area contributed by atoms with Crippen LogP contribution in [-0.2, 0) is 17.8 Å². The Labute approximate surface area is 124 Å². The molecule has 0 aliphatic heterocycles. The molecule has 0 spiro atoms. The van der Waals surface area contributed by atoms with Crippen LogP contribution in [0.15, 0.2) is 30.3 Å². The van der Waals surface area contributed by atoms with Gasteiger partial charge in [-0.2, -0.15) is 0 Å². The van der Waals surface area contributed by atoms with Crippen molar-refractivity contribution >= 4 is 46.2 Å². The van der Waals surface area contributed by atoms with E-state index in [9.17, 15) is 4.79 Å². The topological polar surface area (TPSA) is 49.3 Å². The van der Waals surface area contributed by atoms with Gasteiger partial charge in [-0.15, -0.1) is 11.3 Å². The number of aliphatic carboxylic acids is 1. The third-order valence-corrected chi connectivity index (χ3v) is 3.89. The van der Waals surface area contributed by atoms with Crippen LogP contribution in [0.4, 0.5) is 5.69 Å². The number of rotatable bonds is 5. The maximum atomic E-state index is 10.6. The van der Waals surface area contributed by atoms with Gasteiger partial charge in [0.15, 0.2) is 0 Å². The lowest BCUT2D eigenvalue weighted by Crippen LogP contribution is -1.98. The molecule has 1 heterocycles. The summed E-state index contributed by atoms with van der Waals surface area (Å²) in [5.74, 6) is -0.817. The van der Waals surface area contributed by atoms with E-state index in [4.69, 9.17) is 28.3 Å². The highest BCUT2D eigenvalue weighted by atomic mass is 35.5. The number of hydrogen-bond donors (Lipinski definition) is 2. The summed E-state index contributed by atoms with van der Waals surface area (Å²) in [5.41, 5.74) is 0.839. The molecule has 0 amide bonds. The summed E-state index contributed by atoms with van der Waals surface area (Å²) in [7, 11) is 0. The number of anilines is 1. The molecule has 0 bridgehead atoms. The zero-order valence-electron chi connectivity index (χ0n) is 9.82. The first-order chi connectivity index (χ1) is 9.02. The van der Waals surface area contributed by atoms with Crippen molar-refractivity contribution in [2.75, 3.05) is 5.32 Å². The van der Waals surface area contributed by atoms with Gasteiger partial charge in [0.1, 0.15) is 0 Å². The summed E-state index contributed by atoms with van der Waals surface area (Å²) in [6, 6.07) is 9.01. The predicted octanol–water partition coefficient (Wildman–Crippen LogP) is 4.29. The molecule has 0 aliphatic rings. The van der Waals surface area contributed by atoms with E-state index in [0.29, 0.717) is 16.6 Å². The molecule has 0 fully saturated rings. The van der Waals surface area contributed by atoms with E-state index in [2.05, 4.69) is 5.32 Å². The summed E-state index contributed by atoms with van der Waals surface area (Å²) in [6.07, 6.45) is 0.0632. The highest BCUT2D eigenvalue weighted by Gasteiger charge is 2.05. The van der Waals surface area contributed by atoms with Crippen LogP contribution >= 0.6 is 34.5 Å². The van der Waals surface area contributed by atoms with Crippen LogP contribution in [0, 0.1) is 0 Å². The second-order valence-electron chi connectivity index (χ2n) is 3.95. The molecule has 2 aromatic rings. The quantitative estimate of drug-likeness (QED) is 0.865. The zero-order chi connectivity index (χ0) is 13.8. The Morgan fingerprint density at radius 2 is 1.79 bits per heavy atom. The fourth-order valence-corrected chi connectivity index (χ4v) is 3.08. The van der Waals surface area contributed by atoms with Crippen LogP contribution in [0.1, 0.15) is 9.75 Å². The predicted molar refractivity (Wildman–Crippen MR) is 79.4 cm³/mol. The molecule has 0 aliphatic carbocycles. The lowest BCUT2D eigenvalue weighted by Gasteiger charge is -2.05. The van der Waals surface area contributed by atoms with Crippen LogP contribution in [0.3, 0.4) is 0 Å². The van der Waals surface area contributed by atoms with Gasteiger partial charge >= 0.3 is 5.97 Å². The Morgan fingerprint density at radius 1 is 1.16 bits per heavy atom. The van der Waals surface area contributed by atoms with Crippen molar-refractivity contribution in [3.63, 3.8) is 0 Å². The number of nitrogens with one attached hydrogen (secondary N) is 1. The molecule has 0 unspecified atom stereocenters. The van der Waals surface area contributed by atoms with Gasteiger partial charge in [0.25, 0.3) is 0 Å². The Bertz CT molecular complexity index is 578. The largest absolute Gasteiger partial charge is 0.481 e. The molecule has 0 atom stereocenters. The van der Waals surface area contributed by atoms with E-state index >= 15 is 0 Å². The van der Waals surface area contributed by atoms with E-state index in [0.717, 1.165) is 15.4 Å². The SMILES string of the molecule is O=C(O)Cc1ccc(CNc2cc(Cl)cc(Cl)c2)s1. The second kappa shape index (κ2) is 6.28. The molecule has 1 aromatic carbocycles. The summed E-state index contributed by atoms with van der Waals surface area (Å²) in [6.45, 7) is 0.612. The smallest absolute Gasteiger partial charge is 0.308 e. The first-order valence-corrected chi connectivity index (χ1v) is 7.09. The normalized spacial score (nSPS) is 10.4. The first kappa shape index (κ1) is 14.2. The van der Waals surface area contributed by atoms with Gasteiger partial charge in [-0.1, -0.05) is 23.2 Å². The van der Waals surface area contributed by atoms with Gasteiger partial charge in [-0.25, -0.2) is 0 Å². The van der Waals surface area contributed by atoms with Crippen molar-refractivity contribution in [2.24, 2.45) is 0 Å². The third kappa shape index (κ3) is 4.42. The van der Waals surface area contributed by atoms with Crippen molar-refractivity contribution in [2.45, 2.75) is 13.0 Å². The summed E-state index contributed by atoms with van der Waals surface area (Å²) < 4.78 is 0. The molecule has 2 N–H and O–H groups in total. The van der Waals surface area contributed by atoms with Gasteiger partial charge in [0, 0.05) is 32.0 Å². The number of benzene rings is 1. The summed E-state index contributed by atoms with van der Waals surface area (Å²) >= 11 is 13.3. The lowest BCUT2D eigenvalue weighted by atomic mass is 10.3. The standard InChI is InChI=1S/C13H11Cl2NO2S/c14-8-3-9(15)5-10(4-8)16-7-12-2-1-11(19-12)6-13(17)18/h1-5,16H,6-7H2,(H,17,18). The van der Waals surface area contributed by atoms with Crippen LogP contribution in [0.5, 0.6) is 0 Å². The van der Waals surface area contributed by atoms with Gasteiger partial charge < -0.3 is 10.4 Å². The minimum absolute atomic E-state index is 0.0632. The Morgan fingerprint density at radius 3 is 2.42 bits per heavy atom. The van der Waals surface area contributed by atoms with Gasteiger partial charge in [-0.3, -0.25) is 4.79 Å². The molecule has 19 heavy (non-hydrogen) atoms. The third-order valence-electron chi connectivity index (χ3n) is 2.37. The Kier molecular flexibility index (Phi) is 4.69. The van der Waals surface area contributed by atoms with Crippen molar-refractivity contribution in [3.05, 3.63) is 50.1 Å². The average molecular weight is 316 g/mol. The average Bonchev–Trinajstić information content (AvgIpc) is 2.72. The molecule has 100 valence electrons. The van der Waals surface area contributed by atoms with Crippen LogP contribution in [-0.4, -0.2) is 11.1 Å². The Hall–Kier alpha value is -1.23. The maximum absolute atomic E-state index is 10.6. The number of hydrogen-bond acceptors (Lipinski definition) is 3. The minimum Gasteiger partial charge on any atom is -0.481 e. The molecule has 6 heteroatoms. The van der Waals surface area contributed by atoms with Gasteiger partial charge in [0.2, 0.25) is 0 Å². The van der Waals surface area contributed by atoms with Gasteiger partial charge in [-0.05, 0) is 30.3 Å². The van der Waals surface area contributed by atoms with Crippen LogP contribution in [0.2, 0.25) is 10.0 Å². The first-order valence-electron chi connectivity index (χ1n) is 5.52. The number of thiophene rings is 1. The number of halogens is 2. The highest BCUT2D eigenvalue weighted by Crippen LogP contribution is 2.24. The van der Waals surface area contributed by atoms with Crippen molar-refractivity contribution in [3.8, 4) is 0 Å². The van der Waals surface area contributed by atoms with Crippen LogP contribution in [0.25, 0.3) is 0 Å². The molecule has 1 aromatic heterocycles. The molecule has 0 saturated heterocycles. The number of carbonyl (C=O) groups is 1. The van der Waals surface area contributed by atoms with Crippen molar-refractivity contribution < 1.29 is 9.90 Å². The van der Waals surface area contributed by atoms with Crippen molar-refractivity contribution in [1.82, 2.24) is 0 Å². The molecule has 0 saturated carbocycles. The fraction of sp³-hybridized carbons (Fsp3) is 0.154. The van der Waals surface area contributed by atoms with E-state index in [1.54, 1.807) is 18.2 Å². The van der Waals surface area contributed by atoms with Crippen LogP contribution < -0.4 is 5.32 Å². The van der Waals surface area contributed by atoms with E-state index < -0.39 is 5.97 Å². The fourth-order valence-electron chi connectivity index (χ4n) is 1.61. The lowest BCUT2D eigenvalue weighted by molar-refractivity contribution is -0.136. The van der Waals surface area contributed by atoms with Gasteiger partial charge in [0.05, 0.1) is 6.42 Å². The summed E-state index contributed by atoms with van der Waals surface area (Å²) in [4.78, 5) is 12.5. The second-order valence-corrected chi connectivity index (χ2v) is 6.08. The highest BCUT2D eigenvalue weighted by molar-refractivity contribution is 7.12. The van der Waals surface area contributed by atoms with E-state index in [-0.39, 0.29) is 6.42 Å². The number of carboxylic acid groups (broad SMARTS) is 1. The molecule has 3 nitrogen and oxygen atoms in total. The molecular weight excluding hydrogens is 305 g/mol. The minimum atomic E-state index is -0.817. The summed E-state index contributed by atoms with van der Waals surface area (Å²) in [5, 5.41) is 13.1. The van der Waals surface area contributed by atoms with E-state index in [1.165, 1.54) is 11.3 Å². The van der Waals surface area contributed by atoms with E-state index in [1.807, 2.05) is 12.1 Å². The molecule has 0 radical (unpaired) electrons. The van der Waals surface area contributed by atoms with Crippen molar-refractivity contribution in [1.29, 1.82) is 0 Å². The zero-order valence-corrected chi connectivity index (χ0v) is 12.1. The Balaban J connectivity index is 1.98.